The number of halogens is 3. The average Bonchev–Trinajstić information content (AvgIpc) is 3.66. The predicted molar refractivity (Wildman–Crippen MR) is 155 cm³/mol. The van der Waals surface area contributed by atoms with Gasteiger partial charge in [-0.05, 0) is 66.9 Å². The fraction of sp³-hybridized carbons (Fsp3) is 0.226. The molecule has 1 aliphatic rings. The lowest BCUT2D eigenvalue weighted by Crippen LogP contribution is -2.25. The Morgan fingerprint density at radius 1 is 1.12 bits per heavy atom. The van der Waals surface area contributed by atoms with E-state index in [1.54, 1.807) is 36.3 Å². The lowest BCUT2D eigenvalue weighted by Gasteiger charge is -2.14. The van der Waals surface area contributed by atoms with E-state index < -0.39 is 17.3 Å². The Bertz CT molecular complexity index is 1900. The van der Waals surface area contributed by atoms with E-state index in [0.29, 0.717) is 16.9 Å². The largest absolute Gasteiger partial charge is 0.489 e. The van der Waals surface area contributed by atoms with E-state index in [1.807, 2.05) is 24.3 Å². The lowest BCUT2D eigenvalue weighted by atomic mass is 10.1. The van der Waals surface area contributed by atoms with Gasteiger partial charge in [-0.15, -0.1) is 0 Å². The zero-order valence-corrected chi connectivity index (χ0v) is 23.0. The summed E-state index contributed by atoms with van der Waals surface area (Å²) in [7, 11) is 1.78. The van der Waals surface area contributed by atoms with Crippen LogP contribution in [0.4, 0.5) is 24.8 Å². The van der Waals surface area contributed by atoms with Crippen molar-refractivity contribution in [3.05, 3.63) is 106 Å². The van der Waals surface area contributed by atoms with Crippen LogP contribution < -0.4 is 20.9 Å². The fourth-order valence-corrected chi connectivity index (χ4v) is 4.76. The molecule has 0 amide bonds. The van der Waals surface area contributed by atoms with E-state index in [-0.39, 0.29) is 35.4 Å². The van der Waals surface area contributed by atoms with Crippen molar-refractivity contribution in [3.8, 4) is 17.6 Å². The second-order valence-corrected chi connectivity index (χ2v) is 10.1. The van der Waals surface area contributed by atoms with E-state index in [1.165, 1.54) is 16.7 Å². The number of alkyl halides is 3. The van der Waals surface area contributed by atoms with Crippen LogP contribution in [-0.2, 0) is 19.8 Å². The Kier molecular flexibility index (Phi) is 7.56. The Balaban J connectivity index is 1.36. The molecule has 12 heteroatoms. The number of benzene rings is 2. The van der Waals surface area contributed by atoms with Gasteiger partial charge in [0.15, 0.2) is 5.82 Å². The number of anilines is 2. The molecule has 0 radical (unpaired) electrons. The summed E-state index contributed by atoms with van der Waals surface area (Å²) in [6, 6.07) is 13.8. The SMILES string of the molecule is Cn1ccnc1C#Cc1cc2cnc(Nc3ccc(OC4CCNC4)cc3)nc2n(Cc2cccc(C(F)(F)F)c2)c1=O. The normalized spacial score (nSPS) is 14.8. The van der Waals surface area contributed by atoms with Crippen molar-refractivity contribution in [2.75, 3.05) is 18.4 Å². The highest BCUT2D eigenvalue weighted by atomic mass is 19.4. The molecule has 0 aliphatic carbocycles. The topological polar surface area (TPSA) is 98.9 Å². The Labute approximate surface area is 244 Å². The monoisotopic (exact) mass is 585 g/mol. The van der Waals surface area contributed by atoms with Crippen LogP contribution >= 0.6 is 0 Å². The van der Waals surface area contributed by atoms with Crippen LogP contribution in [0.25, 0.3) is 11.0 Å². The number of hydrogen-bond donors (Lipinski definition) is 2. The highest BCUT2D eigenvalue weighted by molar-refractivity contribution is 5.77. The first-order valence-corrected chi connectivity index (χ1v) is 13.5. The van der Waals surface area contributed by atoms with Gasteiger partial charge in [0.2, 0.25) is 5.95 Å². The standard InChI is InChI=1S/C31H26F3N7O2/c1-40-14-13-36-27(40)10-5-21-16-22-17-37-30(38-24-6-8-25(9-7-24)43-26-11-12-35-18-26)39-28(22)41(29(21)42)19-20-3-2-4-23(15-20)31(32,33)34/h2-4,6-9,13-17,26,35H,11-12,18-19H2,1H3,(H,37,38,39). The molecule has 0 saturated carbocycles. The molecule has 2 aromatic carbocycles. The fourth-order valence-electron chi connectivity index (χ4n) is 4.76. The van der Waals surface area contributed by atoms with Crippen LogP contribution in [0, 0.1) is 11.8 Å². The first-order valence-electron chi connectivity index (χ1n) is 13.5. The number of rotatable bonds is 6. The molecular weight excluding hydrogens is 559 g/mol. The molecule has 4 heterocycles. The van der Waals surface area contributed by atoms with Gasteiger partial charge in [0.25, 0.3) is 5.56 Å². The average molecular weight is 586 g/mol. The molecule has 1 atom stereocenters. The van der Waals surface area contributed by atoms with E-state index in [4.69, 9.17) is 4.74 Å². The van der Waals surface area contributed by atoms with E-state index >= 15 is 0 Å². The van der Waals surface area contributed by atoms with Crippen LogP contribution in [-0.4, -0.2) is 43.3 Å². The number of ether oxygens (including phenoxy) is 1. The van der Waals surface area contributed by atoms with Crippen LogP contribution in [0.1, 0.15) is 28.9 Å². The van der Waals surface area contributed by atoms with Crippen molar-refractivity contribution < 1.29 is 17.9 Å². The highest BCUT2D eigenvalue weighted by Crippen LogP contribution is 2.30. The van der Waals surface area contributed by atoms with Crippen molar-refractivity contribution in [1.29, 1.82) is 0 Å². The Hall–Kier alpha value is -5.15. The summed E-state index contributed by atoms with van der Waals surface area (Å²) in [5, 5.41) is 6.89. The summed E-state index contributed by atoms with van der Waals surface area (Å²) >= 11 is 0. The Morgan fingerprint density at radius 3 is 2.67 bits per heavy atom. The van der Waals surface area contributed by atoms with Gasteiger partial charge < -0.3 is 19.9 Å². The summed E-state index contributed by atoms with van der Waals surface area (Å²) in [5.74, 6) is 7.15. The molecule has 0 bridgehead atoms. The highest BCUT2D eigenvalue weighted by Gasteiger charge is 2.30. The molecule has 218 valence electrons. The predicted octanol–water partition coefficient (Wildman–Crippen LogP) is 4.48. The number of nitrogens with one attached hydrogen (secondary N) is 2. The molecule has 1 fully saturated rings. The van der Waals surface area contributed by atoms with Gasteiger partial charge in [-0.1, -0.05) is 18.1 Å². The van der Waals surface area contributed by atoms with E-state index in [9.17, 15) is 18.0 Å². The number of pyridine rings is 1. The van der Waals surface area contributed by atoms with Gasteiger partial charge in [-0.25, -0.2) is 9.97 Å². The first kappa shape index (κ1) is 28.0. The molecule has 1 aliphatic heterocycles. The van der Waals surface area contributed by atoms with Crippen LogP contribution in [0.5, 0.6) is 5.75 Å². The second kappa shape index (κ2) is 11.6. The minimum atomic E-state index is -4.52. The molecule has 1 unspecified atom stereocenters. The third-order valence-electron chi connectivity index (χ3n) is 6.98. The summed E-state index contributed by atoms with van der Waals surface area (Å²) in [6.45, 7) is 1.58. The van der Waals surface area contributed by atoms with Crippen LogP contribution in [0.15, 0.2) is 78.0 Å². The maximum Gasteiger partial charge on any atom is 0.416 e. The minimum absolute atomic E-state index is 0.134. The Morgan fingerprint density at radius 2 is 1.95 bits per heavy atom. The lowest BCUT2D eigenvalue weighted by molar-refractivity contribution is -0.137. The number of fused-ring (bicyclic) bond motifs is 1. The molecule has 9 nitrogen and oxygen atoms in total. The van der Waals surface area contributed by atoms with Crippen molar-refractivity contribution in [2.45, 2.75) is 25.2 Å². The van der Waals surface area contributed by atoms with Crippen molar-refractivity contribution >= 4 is 22.7 Å². The van der Waals surface area contributed by atoms with Crippen LogP contribution in [0.3, 0.4) is 0 Å². The number of aryl methyl sites for hydroxylation is 1. The van der Waals surface area contributed by atoms with Crippen molar-refractivity contribution in [3.63, 3.8) is 0 Å². The van der Waals surface area contributed by atoms with Gasteiger partial charge in [0.1, 0.15) is 17.5 Å². The smallest absolute Gasteiger partial charge is 0.416 e. The molecule has 5 aromatic rings. The number of aromatic nitrogens is 5. The summed E-state index contributed by atoms with van der Waals surface area (Å²) in [5.41, 5.74) is 0.0611. The third-order valence-corrected chi connectivity index (χ3v) is 6.98. The zero-order chi connectivity index (χ0) is 30.0. The third kappa shape index (κ3) is 6.37. The number of hydrogen-bond acceptors (Lipinski definition) is 7. The minimum Gasteiger partial charge on any atom is -0.489 e. The summed E-state index contributed by atoms with van der Waals surface area (Å²) in [4.78, 5) is 26.8. The number of nitrogens with zero attached hydrogens (tertiary/aromatic N) is 5. The first-order chi connectivity index (χ1) is 20.7. The molecular formula is C31H26F3N7O2. The van der Waals surface area contributed by atoms with E-state index in [0.717, 1.165) is 37.4 Å². The molecule has 0 spiro atoms. The number of imidazole rings is 1. The molecule has 1 saturated heterocycles. The molecule has 3 aromatic heterocycles. The van der Waals surface area contributed by atoms with Gasteiger partial charge in [0.05, 0.1) is 17.7 Å². The summed E-state index contributed by atoms with van der Waals surface area (Å²) < 4.78 is 49.3. The van der Waals surface area contributed by atoms with Gasteiger partial charge in [-0.3, -0.25) is 9.36 Å². The summed E-state index contributed by atoms with van der Waals surface area (Å²) in [6.07, 6.45) is 1.42. The van der Waals surface area contributed by atoms with E-state index in [2.05, 4.69) is 37.4 Å². The molecule has 2 N–H and O–H groups in total. The van der Waals surface area contributed by atoms with Gasteiger partial charge in [0, 0.05) is 43.3 Å². The van der Waals surface area contributed by atoms with Gasteiger partial charge in [-0.2, -0.15) is 18.2 Å². The second-order valence-electron chi connectivity index (χ2n) is 10.1. The molecule has 6 rings (SSSR count). The quantitative estimate of drug-likeness (QED) is 0.284. The van der Waals surface area contributed by atoms with Crippen LogP contribution in [0.2, 0.25) is 0 Å². The zero-order valence-electron chi connectivity index (χ0n) is 23.0. The van der Waals surface area contributed by atoms with Crippen molar-refractivity contribution in [2.24, 2.45) is 7.05 Å². The van der Waals surface area contributed by atoms with Crippen molar-refractivity contribution in [1.82, 2.24) is 29.4 Å². The molecule has 43 heavy (non-hydrogen) atoms. The maximum atomic E-state index is 13.7. The van der Waals surface area contributed by atoms with Gasteiger partial charge >= 0.3 is 6.18 Å². The maximum absolute atomic E-state index is 13.7.